The summed E-state index contributed by atoms with van der Waals surface area (Å²) in [7, 11) is 2.93. The number of carbonyl (C=O) groups excluding carboxylic acids is 1. The van der Waals surface area contributed by atoms with Gasteiger partial charge in [0.1, 0.15) is 5.75 Å². The second-order valence-corrected chi connectivity index (χ2v) is 6.36. The van der Waals surface area contributed by atoms with Gasteiger partial charge in [0.2, 0.25) is 0 Å². The molecule has 0 saturated heterocycles. The summed E-state index contributed by atoms with van der Waals surface area (Å²) in [5, 5.41) is 9.73. The van der Waals surface area contributed by atoms with E-state index in [0.717, 1.165) is 11.3 Å². The van der Waals surface area contributed by atoms with Gasteiger partial charge in [-0.25, -0.2) is 0 Å². The minimum Gasteiger partial charge on any atom is -0.497 e. The van der Waals surface area contributed by atoms with Crippen LogP contribution in [-0.2, 0) is 9.53 Å². The zero-order chi connectivity index (χ0) is 15.5. The minimum atomic E-state index is -1.20. The highest BCUT2D eigenvalue weighted by atomic mass is 127. The zero-order valence-electron chi connectivity index (χ0n) is 11.9. The standard InChI is InChI=1S/C16H16INO3/c1-20-12-8-6-11(7-9-12)13-4-3-5-14(17)16(13,10-18)15(19)21-2/h3-4,6-9,13-14H,5H2,1-2H3/t13-,14-,16?/m0/s1. The molecule has 1 aliphatic carbocycles. The van der Waals surface area contributed by atoms with Crippen molar-refractivity contribution in [2.24, 2.45) is 5.41 Å². The van der Waals surface area contributed by atoms with Crippen LogP contribution >= 0.6 is 22.6 Å². The van der Waals surface area contributed by atoms with E-state index in [0.29, 0.717) is 6.42 Å². The molecule has 0 N–H and O–H groups in total. The lowest BCUT2D eigenvalue weighted by atomic mass is 9.67. The first-order chi connectivity index (χ1) is 10.1. The quantitative estimate of drug-likeness (QED) is 0.340. The van der Waals surface area contributed by atoms with Crippen molar-refractivity contribution in [3.63, 3.8) is 0 Å². The molecular formula is C16H16INO3. The predicted molar refractivity (Wildman–Crippen MR) is 87.4 cm³/mol. The van der Waals surface area contributed by atoms with Crippen molar-refractivity contribution in [3.05, 3.63) is 42.0 Å². The van der Waals surface area contributed by atoms with E-state index < -0.39 is 11.4 Å². The van der Waals surface area contributed by atoms with E-state index in [-0.39, 0.29) is 9.84 Å². The number of halogens is 1. The van der Waals surface area contributed by atoms with Gasteiger partial charge in [0.05, 0.1) is 20.3 Å². The monoisotopic (exact) mass is 397 g/mol. The van der Waals surface area contributed by atoms with Gasteiger partial charge >= 0.3 is 5.97 Å². The highest BCUT2D eigenvalue weighted by Crippen LogP contribution is 2.48. The van der Waals surface area contributed by atoms with Crippen molar-refractivity contribution < 1.29 is 14.3 Å². The molecule has 0 bridgehead atoms. The van der Waals surface area contributed by atoms with Crippen LogP contribution in [0.15, 0.2) is 36.4 Å². The Hall–Kier alpha value is -1.55. The average molecular weight is 397 g/mol. The lowest BCUT2D eigenvalue weighted by molar-refractivity contribution is -0.150. The fourth-order valence-electron chi connectivity index (χ4n) is 2.66. The molecule has 0 radical (unpaired) electrons. The number of carbonyl (C=O) groups is 1. The van der Waals surface area contributed by atoms with Crippen LogP contribution in [-0.4, -0.2) is 24.1 Å². The number of methoxy groups -OCH3 is 2. The van der Waals surface area contributed by atoms with Crippen LogP contribution < -0.4 is 4.74 Å². The van der Waals surface area contributed by atoms with Crippen molar-refractivity contribution in [2.45, 2.75) is 16.3 Å². The maximum atomic E-state index is 12.3. The van der Waals surface area contributed by atoms with Gasteiger partial charge in [-0.3, -0.25) is 4.79 Å². The van der Waals surface area contributed by atoms with Crippen molar-refractivity contribution >= 4 is 28.6 Å². The van der Waals surface area contributed by atoms with Crippen molar-refractivity contribution in [3.8, 4) is 11.8 Å². The first-order valence-corrected chi connectivity index (χ1v) is 7.79. The molecule has 0 fully saturated rings. The number of esters is 1. The van der Waals surface area contributed by atoms with Gasteiger partial charge in [0.25, 0.3) is 0 Å². The van der Waals surface area contributed by atoms with E-state index in [1.54, 1.807) is 7.11 Å². The highest BCUT2D eigenvalue weighted by molar-refractivity contribution is 14.1. The molecule has 110 valence electrons. The molecular weight excluding hydrogens is 381 g/mol. The zero-order valence-corrected chi connectivity index (χ0v) is 14.0. The van der Waals surface area contributed by atoms with E-state index >= 15 is 0 Å². The molecule has 3 atom stereocenters. The molecule has 2 rings (SSSR count). The number of benzene rings is 1. The Kier molecular flexibility index (Phi) is 4.88. The molecule has 1 unspecified atom stereocenters. The summed E-state index contributed by atoms with van der Waals surface area (Å²) in [6.45, 7) is 0. The van der Waals surface area contributed by atoms with Gasteiger partial charge in [-0.2, -0.15) is 5.26 Å². The number of nitrogens with zero attached hydrogens (tertiary/aromatic N) is 1. The lowest BCUT2D eigenvalue weighted by Gasteiger charge is -2.37. The topological polar surface area (TPSA) is 59.3 Å². The molecule has 0 heterocycles. The summed E-state index contributed by atoms with van der Waals surface area (Å²) >= 11 is 2.17. The van der Waals surface area contributed by atoms with E-state index in [1.807, 2.05) is 36.4 Å². The number of alkyl halides is 1. The Morgan fingerprint density at radius 1 is 1.38 bits per heavy atom. The van der Waals surface area contributed by atoms with Gasteiger partial charge in [0, 0.05) is 9.84 Å². The molecule has 0 spiro atoms. The van der Waals surface area contributed by atoms with E-state index in [9.17, 15) is 10.1 Å². The maximum Gasteiger partial charge on any atom is 0.328 e. The van der Waals surface area contributed by atoms with Gasteiger partial charge in [-0.15, -0.1) is 0 Å². The second kappa shape index (κ2) is 6.48. The van der Waals surface area contributed by atoms with Crippen LogP contribution in [0.1, 0.15) is 17.9 Å². The molecule has 0 saturated carbocycles. The number of ether oxygens (including phenoxy) is 2. The van der Waals surface area contributed by atoms with Crippen molar-refractivity contribution in [1.29, 1.82) is 5.26 Å². The molecule has 4 nitrogen and oxygen atoms in total. The number of nitriles is 1. The van der Waals surface area contributed by atoms with E-state index in [2.05, 4.69) is 28.7 Å². The van der Waals surface area contributed by atoms with Gasteiger partial charge in [0.15, 0.2) is 5.41 Å². The summed E-state index contributed by atoms with van der Waals surface area (Å²) in [5.74, 6) is -0.0590. The highest BCUT2D eigenvalue weighted by Gasteiger charge is 2.53. The summed E-state index contributed by atoms with van der Waals surface area (Å²) in [5.41, 5.74) is -0.293. The third-order valence-corrected chi connectivity index (χ3v) is 5.33. The molecule has 0 amide bonds. The number of hydrogen-bond acceptors (Lipinski definition) is 4. The van der Waals surface area contributed by atoms with Crippen LogP contribution in [0, 0.1) is 16.7 Å². The van der Waals surface area contributed by atoms with Crippen LogP contribution in [0.2, 0.25) is 0 Å². The predicted octanol–water partition coefficient (Wildman–Crippen LogP) is 3.23. The SMILES string of the molecule is COC(=O)C1(C#N)[C@@H](I)CC=C[C@H]1c1ccc(OC)cc1. The fourth-order valence-corrected chi connectivity index (χ4v) is 3.74. The van der Waals surface area contributed by atoms with Gasteiger partial charge in [-0.05, 0) is 24.1 Å². The normalized spacial score (nSPS) is 27.7. The number of allylic oxidation sites excluding steroid dienone is 2. The van der Waals surface area contributed by atoms with Crippen LogP contribution in [0.3, 0.4) is 0 Å². The summed E-state index contributed by atoms with van der Waals surface area (Å²) < 4.78 is 9.94. The van der Waals surface area contributed by atoms with Gasteiger partial charge in [-0.1, -0.05) is 46.9 Å². The Morgan fingerprint density at radius 2 is 2.05 bits per heavy atom. The molecule has 21 heavy (non-hydrogen) atoms. The largest absolute Gasteiger partial charge is 0.497 e. The fraction of sp³-hybridized carbons (Fsp3) is 0.375. The molecule has 1 aromatic carbocycles. The first-order valence-electron chi connectivity index (χ1n) is 6.54. The molecule has 1 aromatic rings. The Morgan fingerprint density at radius 3 is 2.57 bits per heavy atom. The summed E-state index contributed by atoms with van der Waals surface area (Å²) in [6, 6.07) is 9.67. The van der Waals surface area contributed by atoms with Crippen LogP contribution in [0.25, 0.3) is 0 Å². The van der Waals surface area contributed by atoms with Crippen molar-refractivity contribution in [2.75, 3.05) is 14.2 Å². The smallest absolute Gasteiger partial charge is 0.328 e. The van der Waals surface area contributed by atoms with Crippen LogP contribution in [0.4, 0.5) is 0 Å². The molecule has 1 aliphatic rings. The van der Waals surface area contributed by atoms with Gasteiger partial charge < -0.3 is 9.47 Å². The average Bonchev–Trinajstić information content (AvgIpc) is 2.54. The number of rotatable bonds is 3. The third kappa shape index (κ3) is 2.64. The third-order valence-electron chi connectivity index (χ3n) is 3.84. The maximum absolute atomic E-state index is 12.3. The van der Waals surface area contributed by atoms with Crippen LogP contribution in [0.5, 0.6) is 5.75 Å². The Balaban J connectivity index is 2.51. The lowest BCUT2D eigenvalue weighted by Crippen LogP contribution is -2.45. The second-order valence-electron chi connectivity index (χ2n) is 4.85. The van der Waals surface area contributed by atoms with E-state index in [4.69, 9.17) is 9.47 Å². The molecule has 5 heteroatoms. The Labute approximate surface area is 137 Å². The van der Waals surface area contributed by atoms with Crippen molar-refractivity contribution in [1.82, 2.24) is 0 Å². The minimum absolute atomic E-state index is 0.135. The first kappa shape index (κ1) is 15.8. The number of hydrogen-bond donors (Lipinski definition) is 0. The summed E-state index contributed by atoms with van der Waals surface area (Å²) in [6.07, 6.45) is 4.62. The Bertz CT molecular complexity index is 591. The molecule has 0 aromatic heterocycles. The molecule has 0 aliphatic heterocycles. The van der Waals surface area contributed by atoms with E-state index in [1.165, 1.54) is 7.11 Å². The summed E-state index contributed by atoms with van der Waals surface area (Å²) in [4.78, 5) is 12.3.